The lowest BCUT2D eigenvalue weighted by molar-refractivity contribution is 0.738. The molecule has 10 heavy (non-hydrogen) atoms. The van der Waals surface area contributed by atoms with Gasteiger partial charge in [0.1, 0.15) is 1.41 Å². The van der Waals surface area contributed by atoms with Gasteiger partial charge in [-0.3, -0.25) is 0 Å². The summed E-state index contributed by atoms with van der Waals surface area (Å²) in [5.41, 5.74) is 3.74. The van der Waals surface area contributed by atoms with E-state index in [4.69, 9.17) is 1.41 Å². The van der Waals surface area contributed by atoms with E-state index < -0.39 is 0 Å². The minimum atomic E-state index is 0.234. The molecule has 2 N–H and O–H groups in total. The predicted molar refractivity (Wildman–Crippen MR) is 43.8 cm³/mol. The van der Waals surface area contributed by atoms with Crippen LogP contribution in [0.1, 0.15) is 12.5 Å². The lowest BCUT2D eigenvalue weighted by Gasteiger charge is -2.02. The van der Waals surface area contributed by atoms with E-state index in [2.05, 4.69) is 17.9 Å². The van der Waals surface area contributed by atoms with E-state index >= 15 is 0 Å². The summed E-state index contributed by atoms with van der Waals surface area (Å²) in [7, 11) is 0. The van der Waals surface area contributed by atoms with Gasteiger partial charge < -0.3 is 5.73 Å². The van der Waals surface area contributed by atoms with Crippen LogP contribution in [0.15, 0.2) is 30.3 Å². The van der Waals surface area contributed by atoms with Crippen molar-refractivity contribution in [3.05, 3.63) is 35.9 Å². The van der Waals surface area contributed by atoms with E-state index in [1.807, 2.05) is 25.1 Å². The van der Waals surface area contributed by atoms with E-state index in [1.54, 1.807) is 0 Å². The Morgan fingerprint density at radius 1 is 1.50 bits per heavy atom. The van der Waals surface area contributed by atoms with Crippen molar-refractivity contribution in [1.29, 1.82) is 0 Å². The van der Waals surface area contributed by atoms with E-state index in [-0.39, 0.29) is 6.04 Å². The van der Waals surface area contributed by atoms with Gasteiger partial charge >= 0.3 is 0 Å². The van der Waals surface area contributed by atoms with E-state index in [0.717, 1.165) is 6.42 Å². The summed E-state index contributed by atoms with van der Waals surface area (Å²) in [5, 5.41) is 0. The molecule has 0 saturated heterocycles. The molecule has 0 amide bonds. The van der Waals surface area contributed by atoms with Gasteiger partial charge in [0.25, 0.3) is 0 Å². The lowest BCUT2D eigenvalue weighted by Crippen LogP contribution is -2.17. The highest BCUT2D eigenvalue weighted by Gasteiger charge is 1.94. The van der Waals surface area contributed by atoms with Gasteiger partial charge in [0.2, 0.25) is 0 Å². The third kappa shape index (κ3) is 2.19. The molecule has 0 radical (unpaired) electrons. The second-order valence-electron chi connectivity index (χ2n) is 2.59. The quantitative estimate of drug-likeness (QED) is 0.670. The van der Waals surface area contributed by atoms with Crippen molar-refractivity contribution in [3.8, 4) is 0 Å². The predicted octanol–water partition coefficient (Wildman–Crippen LogP) is 1.58. The van der Waals surface area contributed by atoms with Crippen molar-refractivity contribution in [2.45, 2.75) is 19.4 Å². The van der Waals surface area contributed by atoms with E-state index in [0.29, 0.717) is 0 Å². The number of benzene rings is 1. The maximum Gasteiger partial charge on any atom is 0.119 e. The largest absolute Gasteiger partial charge is 0.328 e. The molecule has 1 nitrogen and oxygen atoms in total. The molecule has 0 fully saturated rings. The van der Waals surface area contributed by atoms with Gasteiger partial charge in [0.05, 0.1) is 0 Å². The summed E-state index contributed by atoms with van der Waals surface area (Å²) >= 11 is 0. The van der Waals surface area contributed by atoms with Crippen LogP contribution < -0.4 is 5.73 Å². The Kier molecular flexibility index (Phi) is 2.00. The van der Waals surface area contributed by atoms with Crippen molar-refractivity contribution >= 4 is 0 Å². The Balaban J connectivity index is 2.51. The van der Waals surface area contributed by atoms with Crippen LogP contribution in [0.3, 0.4) is 0 Å². The van der Waals surface area contributed by atoms with Gasteiger partial charge in [-0.15, -0.1) is 0 Å². The van der Waals surface area contributed by atoms with E-state index in [1.165, 1.54) is 5.56 Å². The normalized spacial score (nSPS) is 14.3. The zero-order valence-electron chi connectivity index (χ0n) is 7.17. The first-order valence-corrected chi connectivity index (χ1v) is 3.54. The maximum absolute atomic E-state index is 6.91. The first kappa shape index (κ1) is 5.93. The fourth-order valence-electron chi connectivity index (χ4n) is 0.968. The number of nitrogens with two attached hydrogens (primary N) is 1. The molecule has 1 aromatic rings. The topological polar surface area (TPSA) is 26.0 Å². The summed E-state index contributed by atoms with van der Waals surface area (Å²) in [6, 6.07) is 10.4. The Morgan fingerprint density at radius 2 is 2.20 bits per heavy atom. The number of rotatable bonds is 3. The molecule has 0 saturated carbocycles. The highest BCUT2D eigenvalue weighted by molar-refractivity contribution is 5.15. The van der Waals surface area contributed by atoms with Gasteiger partial charge in [-0.25, -0.2) is 0 Å². The number of hydrogen-bond donors (Lipinski definition) is 1. The summed E-state index contributed by atoms with van der Waals surface area (Å²) in [6.07, 6.45) is 0.921. The zero-order valence-corrected chi connectivity index (χ0v) is 6.17. The van der Waals surface area contributed by atoms with Gasteiger partial charge in [-0.2, -0.15) is 0 Å². The molecule has 0 aliphatic rings. The summed E-state index contributed by atoms with van der Waals surface area (Å²) < 4.78 is 6.91. The van der Waals surface area contributed by atoms with Crippen molar-refractivity contribution in [3.63, 3.8) is 0 Å². The monoisotopic (exact) mass is 136 g/mol. The van der Waals surface area contributed by atoms with Crippen molar-refractivity contribution < 1.29 is 1.41 Å². The summed E-state index contributed by atoms with van der Waals surface area (Å²) in [6.45, 7) is 2.00. The molecule has 0 spiro atoms. The fourth-order valence-corrected chi connectivity index (χ4v) is 0.968. The summed E-state index contributed by atoms with van der Waals surface area (Å²) in [5.74, 6) is 0. The van der Waals surface area contributed by atoms with Crippen LogP contribution >= 0.6 is 0 Å². The van der Waals surface area contributed by atoms with Crippen LogP contribution in [-0.4, -0.2) is 6.04 Å². The van der Waals surface area contributed by atoms with Crippen LogP contribution in [0.5, 0.6) is 0 Å². The second kappa shape index (κ2) is 3.37. The van der Waals surface area contributed by atoms with Crippen LogP contribution in [-0.2, 0) is 6.42 Å². The Morgan fingerprint density at radius 3 is 2.80 bits per heavy atom. The molecule has 1 unspecified atom stereocenters. The first-order valence-electron chi connectivity index (χ1n) is 4.04. The van der Waals surface area contributed by atoms with Gasteiger partial charge in [-0.1, -0.05) is 30.3 Å². The first-order chi connectivity index (χ1) is 5.33. The third-order valence-electron chi connectivity index (χ3n) is 1.38. The smallest absolute Gasteiger partial charge is 0.119 e. The molecular formula is C9H13N. The molecule has 1 rings (SSSR count). The molecule has 0 aliphatic carbocycles. The van der Waals surface area contributed by atoms with Gasteiger partial charge in [0, 0.05) is 6.04 Å². The van der Waals surface area contributed by atoms with Gasteiger partial charge in [0.15, 0.2) is 0 Å². The molecule has 1 aromatic carbocycles. The molecule has 0 bridgehead atoms. The highest BCUT2D eigenvalue weighted by atomic mass is 14.6. The Bertz CT molecular complexity index is 198. The van der Waals surface area contributed by atoms with Crippen LogP contribution in [0.25, 0.3) is 0 Å². The van der Waals surface area contributed by atoms with Crippen molar-refractivity contribution in [1.82, 2.24) is 0 Å². The van der Waals surface area contributed by atoms with Crippen LogP contribution in [0, 0.1) is 0 Å². The molecular weight excluding hydrogens is 122 g/mol. The van der Waals surface area contributed by atoms with E-state index in [9.17, 15) is 0 Å². The molecule has 1 heteroatoms. The van der Waals surface area contributed by atoms with Crippen molar-refractivity contribution in [2.75, 3.05) is 0 Å². The van der Waals surface area contributed by atoms with Crippen LogP contribution in [0.2, 0.25) is 1.41 Å². The molecule has 0 aromatic heterocycles. The van der Waals surface area contributed by atoms with Gasteiger partial charge in [-0.05, 0) is 18.9 Å². The standard InChI is InChI=1S/C9H13N/c1-8(10)7-9-5-3-2-4-6-9/h2-6,8H,7,10H2,1H3/i/hD. The Hall–Kier alpha value is -0.820. The average molecular weight is 136 g/mol. The molecule has 0 heterocycles. The lowest BCUT2D eigenvalue weighted by atomic mass is 10.1. The SMILES string of the molecule is [2H]NC(C)Cc1ccccc1. The molecule has 54 valence electrons. The average Bonchev–Trinajstić information content (AvgIpc) is 2.06. The highest BCUT2D eigenvalue weighted by Crippen LogP contribution is 2.00. The zero-order chi connectivity index (χ0) is 8.10. The summed E-state index contributed by atoms with van der Waals surface area (Å²) in [4.78, 5) is 0. The minimum absolute atomic E-state index is 0.234. The fraction of sp³-hybridized carbons (Fsp3) is 0.333. The number of hydrogen-bond acceptors (Lipinski definition) is 1. The Labute approximate surface area is 63.3 Å². The maximum atomic E-state index is 6.91. The van der Waals surface area contributed by atoms with Crippen LogP contribution in [0.4, 0.5) is 0 Å². The third-order valence-corrected chi connectivity index (χ3v) is 1.38. The molecule has 0 aliphatic heterocycles. The minimum Gasteiger partial charge on any atom is -0.328 e. The molecule has 1 atom stereocenters. The second-order valence-corrected chi connectivity index (χ2v) is 2.59. The van der Waals surface area contributed by atoms with Crippen molar-refractivity contribution in [2.24, 2.45) is 5.73 Å².